The summed E-state index contributed by atoms with van der Waals surface area (Å²) in [4.78, 5) is 37.7. The molecule has 0 radical (unpaired) electrons. The number of carbonyl (C=O) groups excluding carboxylic acids is 1. The fourth-order valence-electron chi connectivity index (χ4n) is 3.29. The van der Waals surface area contributed by atoms with Gasteiger partial charge in [-0.2, -0.15) is 5.09 Å². The summed E-state index contributed by atoms with van der Waals surface area (Å²) < 4.78 is 36.5. The number of hydrogen-bond donors (Lipinski definition) is 3. The van der Waals surface area contributed by atoms with Crippen LogP contribution in [0.1, 0.15) is 39.8 Å². The van der Waals surface area contributed by atoms with Gasteiger partial charge < -0.3 is 19.1 Å². The highest BCUT2D eigenvalue weighted by molar-refractivity contribution is 7.52. The van der Waals surface area contributed by atoms with Gasteiger partial charge in [-0.3, -0.25) is 19.1 Å². The molecule has 0 aliphatic carbocycles. The molecular weight excluding hydrogens is 469 g/mol. The first-order chi connectivity index (χ1) is 16.1. The Labute approximate surface area is 195 Å². The van der Waals surface area contributed by atoms with Gasteiger partial charge in [0.1, 0.15) is 18.0 Å². The first-order valence-electron chi connectivity index (χ1n) is 10.7. The topological polar surface area (TPSA) is 158 Å². The molecule has 4 atom stereocenters. The van der Waals surface area contributed by atoms with Crippen molar-refractivity contribution in [3.8, 4) is 11.6 Å². The van der Waals surface area contributed by atoms with Crippen LogP contribution in [0.15, 0.2) is 46.0 Å². The van der Waals surface area contributed by atoms with Crippen LogP contribution in [0, 0.1) is 0 Å². The summed E-state index contributed by atoms with van der Waals surface area (Å²) in [6.07, 6.45) is -1.06. The molecule has 3 N–H and O–H groups in total. The lowest BCUT2D eigenvalue weighted by Crippen LogP contribution is -2.36. The van der Waals surface area contributed by atoms with Crippen LogP contribution in [0.5, 0.6) is 11.6 Å². The number of nitrogens with one attached hydrogen (secondary N) is 2. The number of rotatable bonds is 10. The number of aromatic amines is 1. The average molecular weight is 497 g/mol. The third-order valence-corrected chi connectivity index (χ3v) is 6.43. The Balaban J connectivity index is 1.69. The normalized spacial score (nSPS) is 20.6. The second-order valence-corrected chi connectivity index (χ2v) is 9.68. The number of para-hydroxylation sites is 1. The largest absolute Gasteiger partial charge is 0.494 e. The molecule has 186 valence electrons. The zero-order valence-corrected chi connectivity index (χ0v) is 19.9. The van der Waals surface area contributed by atoms with Crippen molar-refractivity contribution in [3.63, 3.8) is 0 Å². The molecule has 1 aromatic heterocycles. The fraction of sp³-hybridized carbons (Fsp3) is 0.476. The summed E-state index contributed by atoms with van der Waals surface area (Å²) in [7, 11) is -4.06. The predicted octanol–water partition coefficient (Wildman–Crippen LogP) is 2.05. The molecule has 13 heteroatoms. The standard InChI is InChI=1S/C21H28N3O9P/c1-13(2)31-20(27)14(3)23-34(29,33-15-7-5-4-6-8-15)30-12-16-9-10-19(32-16)24-18(26)11-17(25)22-21(24)28/h4-8,11,13-14,16,19,26H,9-10,12H2,1-3H3,(H,23,29)(H,22,25,28). The maximum atomic E-state index is 13.5. The number of ether oxygens (including phenoxy) is 2. The summed E-state index contributed by atoms with van der Waals surface area (Å²) in [6.45, 7) is 4.67. The fourth-order valence-corrected chi connectivity index (χ4v) is 4.81. The van der Waals surface area contributed by atoms with Gasteiger partial charge in [0.2, 0.25) is 5.88 Å². The summed E-state index contributed by atoms with van der Waals surface area (Å²) in [5.41, 5.74) is -1.54. The first kappa shape index (κ1) is 25.7. The molecule has 1 aromatic carbocycles. The van der Waals surface area contributed by atoms with Crippen LogP contribution in [0.3, 0.4) is 0 Å². The van der Waals surface area contributed by atoms with Crippen molar-refractivity contribution in [1.29, 1.82) is 0 Å². The monoisotopic (exact) mass is 497 g/mol. The maximum Gasteiger partial charge on any atom is 0.459 e. The van der Waals surface area contributed by atoms with E-state index in [1.54, 1.807) is 44.2 Å². The summed E-state index contributed by atoms with van der Waals surface area (Å²) in [6, 6.07) is 8.19. The van der Waals surface area contributed by atoms with E-state index in [9.17, 15) is 24.1 Å². The van der Waals surface area contributed by atoms with Crippen molar-refractivity contribution in [3.05, 3.63) is 57.2 Å². The van der Waals surface area contributed by atoms with Crippen molar-refractivity contribution in [2.24, 2.45) is 0 Å². The lowest BCUT2D eigenvalue weighted by molar-refractivity contribution is -0.149. The molecule has 0 bridgehead atoms. The van der Waals surface area contributed by atoms with E-state index < -0.39 is 49.2 Å². The van der Waals surface area contributed by atoms with E-state index in [1.165, 1.54) is 6.92 Å². The van der Waals surface area contributed by atoms with Crippen molar-refractivity contribution >= 4 is 13.7 Å². The lowest BCUT2D eigenvalue weighted by Gasteiger charge is -2.24. The number of benzene rings is 1. The maximum absolute atomic E-state index is 13.5. The first-order valence-corrected chi connectivity index (χ1v) is 12.3. The Morgan fingerprint density at radius 3 is 2.62 bits per heavy atom. The van der Waals surface area contributed by atoms with E-state index >= 15 is 0 Å². The van der Waals surface area contributed by atoms with E-state index in [-0.39, 0.29) is 18.5 Å². The molecule has 0 amide bonds. The van der Waals surface area contributed by atoms with E-state index in [0.29, 0.717) is 12.8 Å². The molecule has 0 saturated carbocycles. The highest BCUT2D eigenvalue weighted by atomic mass is 31.2. The summed E-state index contributed by atoms with van der Waals surface area (Å²) >= 11 is 0. The Morgan fingerprint density at radius 1 is 1.26 bits per heavy atom. The minimum atomic E-state index is -4.06. The van der Waals surface area contributed by atoms with Gasteiger partial charge in [0.25, 0.3) is 5.56 Å². The quantitative estimate of drug-likeness (QED) is 0.328. The molecule has 12 nitrogen and oxygen atoms in total. The molecule has 2 heterocycles. The second-order valence-electron chi connectivity index (χ2n) is 7.99. The van der Waals surface area contributed by atoms with Crippen LogP contribution in [0.25, 0.3) is 0 Å². The van der Waals surface area contributed by atoms with Gasteiger partial charge in [-0.15, -0.1) is 0 Å². The molecule has 1 aliphatic rings. The van der Waals surface area contributed by atoms with E-state index in [2.05, 4.69) is 10.1 Å². The van der Waals surface area contributed by atoms with E-state index in [1.807, 2.05) is 0 Å². The molecule has 1 saturated heterocycles. The van der Waals surface area contributed by atoms with Gasteiger partial charge in [-0.1, -0.05) is 18.2 Å². The second kappa shape index (κ2) is 11.0. The number of hydrogen-bond acceptors (Lipinski definition) is 9. The third-order valence-electron chi connectivity index (χ3n) is 4.79. The number of nitrogens with zero attached hydrogens (tertiary/aromatic N) is 1. The minimum Gasteiger partial charge on any atom is -0.494 e. The predicted molar refractivity (Wildman–Crippen MR) is 121 cm³/mol. The number of H-pyrrole nitrogens is 1. The van der Waals surface area contributed by atoms with Crippen LogP contribution < -0.4 is 20.9 Å². The number of aromatic nitrogens is 2. The Hall–Kier alpha value is -2.92. The highest BCUT2D eigenvalue weighted by Gasteiger charge is 2.36. The molecule has 0 spiro atoms. The summed E-state index contributed by atoms with van der Waals surface area (Å²) in [5, 5.41) is 12.6. The Kier molecular flexibility index (Phi) is 8.32. The third kappa shape index (κ3) is 6.80. The van der Waals surface area contributed by atoms with Crippen LogP contribution in [0.4, 0.5) is 0 Å². The van der Waals surface area contributed by atoms with Crippen molar-refractivity contribution in [2.75, 3.05) is 6.61 Å². The molecule has 2 aromatic rings. The van der Waals surface area contributed by atoms with E-state index in [0.717, 1.165) is 10.6 Å². The number of esters is 1. The van der Waals surface area contributed by atoms with Gasteiger partial charge in [-0.25, -0.2) is 13.9 Å². The van der Waals surface area contributed by atoms with Crippen LogP contribution in [-0.2, 0) is 23.4 Å². The zero-order chi connectivity index (χ0) is 24.9. The van der Waals surface area contributed by atoms with Gasteiger partial charge in [0, 0.05) is 0 Å². The number of carbonyl (C=O) groups is 1. The lowest BCUT2D eigenvalue weighted by atomic mass is 10.2. The molecule has 3 rings (SSSR count). The summed E-state index contributed by atoms with van der Waals surface area (Å²) in [5.74, 6) is -0.893. The van der Waals surface area contributed by atoms with Gasteiger partial charge >= 0.3 is 19.4 Å². The van der Waals surface area contributed by atoms with Gasteiger partial charge in [-0.05, 0) is 45.7 Å². The molecule has 1 aliphatic heterocycles. The highest BCUT2D eigenvalue weighted by Crippen LogP contribution is 2.46. The van der Waals surface area contributed by atoms with Crippen LogP contribution in [-0.4, -0.2) is 45.5 Å². The van der Waals surface area contributed by atoms with Crippen molar-refractivity contribution < 1.29 is 33.0 Å². The average Bonchev–Trinajstić information content (AvgIpc) is 3.20. The minimum absolute atomic E-state index is 0.196. The zero-order valence-electron chi connectivity index (χ0n) is 19.0. The SMILES string of the molecule is CC(C)OC(=O)C(C)NP(=O)(OCC1CCC(n2c(O)cc(=O)[nH]c2=O)O1)Oc1ccccc1. The van der Waals surface area contributed by atoms with Gasteiger partial charge in [0.15, 0.2) is 0 Å². The van der Waals surface area contributed by atoms with Gasteiger partial charge in [0.05, 0.1) is 24.9 Å². The molecular formula is C21H28N3O9P. The van der Waals surface area contributed by atoms with Crippen LogP contribution >= 0.6 is 7.75 Å². The number of aromatic hydroxyl groups is 1. The molecule has 4 unspecified atom stereocenters. The van der Waals surface area contributed by atoms with E-state index in [4.69, 9.17) is 18.5 Å². The van der Waals surface area contributed by atoms with Crippen LogP contribution in [0.2, 0.25) is 0 Å². The van der Waals surface area contributed by atoms with Crippen molar-refractivity contribution in [2.45, 2.75) is 58.1 Å². The molecule has 34 heavy (non-hydrogen) atoms. The Bertz CT molecular complexity index is 1150. The Morgan fingerprint density at radius 2 is 1.97 bits per heavy atom. The molecule has 1 fully saturated rings. The van der Waals surface area contributed by atoms with Crippen molar-refractivity contribution in [1.82, 2.24) is 14.6 Å². The smallest absolute Gasteiger partial charge is 0.459 e.